The molecule has 1 aliphatic heterocycles. The molecule has 1 aromatic heterocycles. The summed E-state index contributed by atoms with van der Waals surface area (Å²) in [5, 5.41) is 0. The molecule has 3 rings (SSSR count). The van der Waals surface area contributed by atoms with Gasteiger partial charge in [0.1, 0.15) is 0 Å². The van der Waals surface area contributed by atoms with Crippen LogP contribution in [0.1, 0.15) is 5.56 Å². The Balaban J connectivity index is 2.31. The van der Waals surface area contributed by atoms with Gasteiger partial charge < -0.3 is 0 Å². The smallest absolute Gasteiger partial charge is 0.204 e. The van der Waals surface area contributed by atoms with E-state index in [2.05, 4.69) is 38.2 Å². The topological polar surface area (TPSA) is 30.2 Å². The lowest BCUT2D eigenvalue weighted by Crippen LogP contribution is -2.21. The van der Waals surface area contributed by atoms with E-state index in [1.165, 1.54) is 22.7 Å². The Bertz CT molecular complexity index is 565. The molecule has 0 spiro atoms. The summed E-state index contributed by atoms with van der Waals surface area (Å²) in [6, 6.07) is 8.48. The van der Waals surface area contributed by atoms with E-state index < -0.39 is 0 Å². The van der Waals surface area contributed by atoms with Crippen LogP contribution < -0.4 is 4.80 Å². The highest BCUT2D eigenvalue weighted by Crippen LogP contribution is 2.26. The minimum absolute atomic E-state index is 0.996. The molecular weight excluding hydrogens is 206 g/mol. The van der Waals surface area contributed by atoms with Crippen molar-refractivity contribution in [3.05, 3.63) is 34.6 Å². The van der Waals surface area contributed by atoms with E-state index in [9.17, 15) is 0 Å². The maximum atomic E-state index is 4.48. The first-order chi connectivity index (χ1) is 7.40. The zero-order valence-electron chi connectivity index (χ0n) is 8.47. The Labute approximate surface area is 91.9 Å². The quantitative estimate of drug-likeness (QED) is 0.660. The van der Waals surface area contributed by atoms with Crippen molar-refractivity contribution in [2.75, 3.05) is 7.05 Å². The van der Waals surface area contributed by atoms with Crippen molar-refractivity contribution in [2.45, 2.75) is 13.0 Å². The highest BCUT2D eigenvalue weighted by atomic mass is 32.1. The molecule has 4 heteroatoms. The lowest BCUT2D eigenvalue weighted by Gasteiger charge is -2.16. The van der Waals surface area contributed by atoms with Gasteiger partial charge in [-0.1, -0.05) is 24.3 Å². The third-order valence-corrected chi connectivity index (χ3v) is 3.59. The summed E-state index contributed by atoms with van der Waals surface area (Å²) in [7, 11) is 1.82. The Morgan fingerprint density at radius 2 is 2.27 bits per heavy atom. The van der Waals surface area contributed by atoms with Gasteiger partial charge >= 0.3 is 0 Å². The van der Waals surface area contributed by atoms with Crippen LogP contribution >= 0.6 is 11.5 Å². The number of benzene rings is 1. The molecule has 0 radical (unpaired) electrons. The van der Waals surface area contributed by atoms with E-state index in [-0.39, 0.29) is 0 Å². The lowest BCUT2D eigenvalue weighted by atomic mass is 10.0. The van der Waals surface area contributed by atoms with Gasteiger partial charge in [0.25, 0.3) is 0 Å². The highest BCUT2D eigenvalue weighted by Gasteiger charge is 2.17. The number of hydrogen-bond donors (Lipinski definition) is 0. The molecule has 1 aliphatic rings. The van der Waals surface area contributed by atoms with Gasteiger partial charge in [-0.25, -0.2) is 0 Å². The molecule has 2 heterocycles. The maximum absolute atomic E-state index is 4.48. The van der Waals surface area contributed by atoms with Crippen molar-refractivity contribution in [3.8, 4) is 11.4 Å². The Hall–Kier alpha value is -1.42. The second-order valence-corrected chi connectivity index (χ2v) is 4.30. The average Bonchev–Trinajstić information content (AvgIpc) is 2.72. The molecule has 3 nitrogen and oxygen atoms in total. The van der Waals surface area contributed by atoms with Gasteiger partial charge in [0.05, 0.1) is 0 Å². The van der Waals surface area contributed by atoms with Crippen molar-refractivity contribution in [1.29, 1.82) is 0 Å². The van der Waals surface area contributed by atoms with Crippen LogP contribution in [0.25, 0.3) is 11.4 Å². The van der Waals surface area contributed by atoms with Gasteiger partial charge in [-0.15, -0.1) is 0 Å². The fourth-order valence-electron chi connectivity index (χ4n) is 2.02. The Kier molecular flexibility index (Phi) is 1.95. The van der Waals surface area contributed by atoms with Gasteiger partial charge in [-0.3, -0.25) is 9.56 Å². The largest absolute Gasteiger partial charge is 0.300 e. The van der Waals surface area contributed by atoms with Gasteiger partial charge in [0, 0.05) is 30.7 Å². The minimum Gasteiger partial charge on any atom is -0.300 e. The van der Waals surface area contributed by atoms with Crippen LogP contribution in [-0.4, -0.2) is 16.0 Å². The highest BCUT2D eigenvalue weighted by molar-refractivity contribution is 7.03. The second-order valence-electron chi connectivity index (χ2n) is 3.57. The summed E-state index contributed by atoms with van der Waals surface area (Å²) in [5.74, 6) is 1.07. The molecule has 0 fully saturated rings. The molecule has 0 saturated heterocycles. The number of aryl methyl sites for hydroxylation is 1. The van der Waals surface area contributed by atoms with Crippen LogP contribution in [0.2, 0.25) is 0 Å². The first-order valence-corrected chi connectivity index (χ1v) is 5.75. The molecule has 0 atom stereocenters. The first-order valence-electron chi connectivity index (χ1n) is 4.98. The fraction of sp³-hybridized carbons (Fsp3) is 0.273. The van der Waals surface area contributed by atoms with E-state index in [1.807, 2.05) is 7.05 Å². The third kappa shape index (κ3) is 1.25. The summed E-state index contributed by atoms with van der Waals surface area (Å²) < 4.78 is 6.68. The van der Waals surface area contributed by atoms with Crippen LogP contribution in [0.15, 0.2) is 29.3 Å². The van der Waals surface area contributed by atoms with Gasteiger partial charge in [-0.2, -0.15) is 4.37 Å². The second kappa shape index (κ2) is 3.31. The van der Waals surface area contributed by atoms with Crippen LogP contribution in [-0.2, 0) is 13.0 Å². The molecule has 0 unspecified atom stereocenters. The van der Waals surface area contributed by atoms with E-state index in [1.54, 1.807) is 0 Å². The standard InChI is InChI=1S/C11H11N3S/c1-12-11-14-7-6-8-4-2-3-5-9(8)10(14)13-15-11/h2-5H,6-7H2,1H3. The van der Waals surface area contributed by atoms with E-state index in [0.29, 0.717) is 0 Å². The van der Waals surface area contributed by atoms with Crippen molar-refractivity contribution < 1.29 is 0 Å². The molecule has 15 heavy (non-hydrogen) atoms. The average molecular weight is 217 g/mol. The van der Waals surface area contributed by atoms with E-state index in [4.69, 9.17) is 0 Å². The number of hydrogen-bond acceptors (Lipinski definition) is 3. The van der Waals surface area contributed by atoms with Gasteiger partial charge in [-0.05, 0) is 12.0 Å². The van der Waals surface area contributed by atoms with Crippen LogP contribution in [0, 0.1) is 0 Å². The Morgan fingerprint density at radius 3 is 3.13 bits per heavy atom. The summed E-state index contributed by atoms with van der Waals surface area (Å²) in [4.78, 5) is 5.25. The van der Waals surface area contributed by atoms with Crippen LogP contribution in [0.4, 0.5) is 0 Å². The zero-order valence-corrected chi connectivity index (χ0v) is 9.29. The molecule has 1 aromatic carbocycles. The number of rotatable bonds is 0. The van der Waals surface area contributed by atoms with Gasteiger partial charge in [0.2, 0.25) is 4.80 Å². The molecule has 0 saturated carbocycles. The fourth-order valence-corrected chi connectivity index (χ4v) is 2.74. The maximum Gasteiger partial charge on any atom is 0.204 e. The van der Waals surface area contributed by atoms with Crippen molar-refractivity contribution in [2.24, 2.45) is 4.99 Å². The van der Waals surface area contributed by atoms with E-state index in [0.717, 1.165) is 23.6 Å². The normalized spacial score (nSPS) is 14.9. The summed E-state index contributed by atoms with van der Waals surface area (Å²) in [6.07, 6.45) is 1.08. The van der Waals surface area contributed by atoms with Crippen LogP contribution in [0.3, 0.4) is 0 Å². The number of aromatic nitrogens is 2. The SMILES string of the molecule is CN=c1snc2n1CCc1ccccc1-2. The molecule has 0 aliphatic carbocycles. The molecule has 2 aromatic rings. The van der Waals surface area contributed by atoms with Crippen molar-refractivity contribution in [3.63, 3.8) is 0 Å². The lowest BCUT2D eigenvalue weighted by molar-refractivity contribution is 0.658. The van der Waals surface area contributed by atoms with Crippen molar-refractivity contribution >= 4 is 11.5 Å². The van der Waals surface area contributed by atoms with Crippen LogP contribution in [0.5, 0.6) is 0 Å². The van der Waals surface area contributed by atoms with Crippen molar-refractivity contribution in [1.82, 2.24) is 8.94 Å². The molecule has 0 N–H and O–H groups in total. The summed E-state index contributed by atoms with van der Waals surface area (Å²) in [6.45, 7) is 0.996. The third-order valence-electron chi connectivity index (χ3n) is 2.75. The zero-order chi connectivity index (χ0) is 10.3. The Morgan fingerprint density at radius 1 is 1.40 bits per heavy atom. The summed E-state index contributed by atoms with van der Waals surface area (Å²) in [5.41, 5.74) is 2.65. The van der Waals surface area contributed by atoms with E-state index >= 15 is 0 Å². The first kappa shape index (κ1) is 8.85. The predicted octanol–water partition coefficient (Wildman–Crippen LogP) is 1.70. The minimum atomic E-state index is 0.996. The molecule has 76 valence electrons. The molecular formula is C11H11N3S. The molecule has 0 amide bonds. The molecule has 0 bridgehead atoms. The van der Waals surface area contributed by atoms with Gasteiger partial charge in [0.15, 0.2) is 5.82 Å². The number of fused-ring (bicyclic) bond motifs is 3. The number of nitrogens with zero attached hydrogens (tertiary/aromatic N) is 3. The predicted molar refractivity (Wildman–Crippen MR) is 60.7 cm³/mol. The summed E-state index contributed by atoms with van der Waals surface area (Å²) >= 11 is 1.48. The monoisotopic (exact) mass is 217 g/mol.